The van der Waals surface area contributed by atoms with Crippen molar-refractivity contribution in [2.24, 2.45) is 0 Å². The van der Waals surface area contributed by atoms with Gasteiger partial charge >= 0.3 is 5.97 Å². The van der Waals surface area contributed by atoms with Gasteiger partial charge in [-0.1, -0.05) is 11.8 Å². The number of carbonyl (C=O) groups excluding carboxylic acids is 1. The van der Waals surface area contributed by atoms with Crippen LogP contribution in [0.1, 0.15) is 11.4 Å². The Labute approximate surface area is 84.9 Å². The maximum atomic E-state index is 10.7. The lowest BCUT2D eigenvalue weighted by Gasteiger charge is -1.95. The molecule has 0 unspecified atom stereocenters. The molecule has 0 spiro atoms. The second-order valence-corrected chi connectivity index (χ2v) is 4.29. The van der Waals surface area contributed by atoms with Crippen LogP contribution >= 0.6 is 23.3 Å². The van der Waals surface area contributed by atoms with Crippen LogP contribution in [0.15, 0.2) is 5.16 Å². The van der Waals surface area contributed by atoms with E-state index in [1.807, 2.05) is 6.92 Å². The highest BCUT2D eigenvalue weighted by Gasteiger charge is 2.04. The summed E-state index contributed by atoms with van der Waals surface area (Å²) in [6.07, 6.45) is 0.402. The molecule has 0 fully saturated rings. The van der Waals surface area contributed by atoms with Crippen molar-refractivity contribution in [1.82, 2.24) is 9.36 Å². The molecular formula is C7H10N2O2S2. The Morgan fingerprint density at radius 3 is 3.00 bits per heavy atom. The average molecular weight is 218 g/mol. The highest BCUT2D eigenvalue weighted by molar-refractivity contribution is 7.99. The topological polar surface area (TPSA) is 52.1 Å². The van der Waals surface area contributed by atoms with Gasteiger partial charge in [0.05, 0.1) is 13.5 Å². The fourth-order valence-electron chi connectivity index (χ4n) is 0.667. The summed E-state index contributed by atoms with van der Waals surface area (Å²) in [5, 5.41) is 1.69. The van der Waals surface area contributed by atoms with Gasteiger partial charge in [0.25, 0.3) is 0 Å². The summed E-state index contributed by atoms with van der Waals surface area (Å²) >= 11 is 2.84. The van der Waals surface area contributed by atoms with E-state index in [9.17, 15) is 4.79 Å². The predicted molar refractivity (Wildman–Crippen MR) is 52.0 cm³/mol. The zero-order valence-electron chi connectivity index (χ0n) is 7.44. The average Bonchev–Trinajstić information content (AvgIpc) is 2.51. The summed E-state index contributed by atoms with van der Waals surface area (Å²) in [5.74, 6) is 0.475. The van der Waals surface area contributed by atoms with E-state index in [1.165, 1.54) is 30.4 Å². The molecule has 1 rings (SSSR count). The van der Waals surface area contributed by atoms with Gasteiger partial charge in [0.1, 0.15) is 5.01 Å². The Morgan fingerprint density at radius 2 is 2.46 bits per heavy atom. The second kappa shape index (κ2) is 5.18. The Balaban J connectivity index is 2.24. The molecule has 72 valence electrons. The van der Waals surface area contributed by atoms with E-state index in [4.69, 9.17) is 0 Å². The molecule has 4 nitrogen and oxygen atoms in total. The Morgan fingerprint density at radius 1 is 1.69 bits per heavy atom. The van der Waals surface area contributed by atoms with Gasteiger partial charge in [-0.15, -0.1) is 0 Å². The number of methoxy groups -OCH3 is 1. The summed E-state index contributed by atoms with van der Waals surface area (Å²) < 4.78 is 8.58. The lowest BCUT2D eigenvalue weighted by Crippen LogP contribution is -2.01. The van der Waals surface area contributed by atoms with E-state index in [0.29, 0.717) is 12.2 Å². The van der Waals surface area contributed by atoms with Crippen LogP contribution in [0.2, 0.25) is 0 Å². The third-order valence-corrected chi connectivity index (χ3v) is 2.86. The summed E-state index contributed by atoms with van der Waals surface area (Å²) in [6, 6.07) is 0. The first-order valence-electron chi connectivity index (χ1n) is 3.72. The van der Waals surface area contributed by atoms with Crippen molar-refractivity contribution in [1.29, 1.82) is 0 Å². The van der Waals surface area contributed by atoms with Crippen LogP contribution in [-0.4, -0.2) is 28.2 Å². The third-order valence-electron chi connectivity index (χ3n) is 1.27. The van der Waals surface area contributed by atoms with Crippen LogP contribution in [0.4, 0.5) is 0 Å². The maximum Gasteiger partial charge on any atom is 0.306 e. The lowest BCUT2D eigenvalue weighted by atomic mass is 10.5. The first kappa shape index (κ1) is 10.5. The van der Waals surface area contributed by atoms with E-state index in [1.54, 1.807) is 0 Å². The highest BCUT2D eigenvalue weighted by atomic mass is 32.2. The minimum absolute atomic E-state index is 0.195. The first-order chi connectivity index (χ1) is 6.22. The van der Waals surface area contributed by atoms with Crippen LogP contribution in [0, 0.1) is 6.92 Å². The standard InChI is InChI=1S/C7H10N2O2S2/c1-5-8-7(9-13-5)12-4-3-6(10)11-2/h3-4H2,1-2H3. The number of rotatable bonds is 4. The maximum absolute atomic E-state index is 10.7. The van der Waals surface area contributed by atoms with Gasteiger partial charge < -0.3 is 4.74 Å². The van der Waals surface area contributed by atoms with E-state index in [2.05, 4.69) is 14.1 Å². The highest BCUT2D eigenvalue weighted by Crippen LogP contribution is 2.16. The van der Waals surface area contributed by atoms with Gasteiger partial charge in [-0.3, -0.25) is 4.79 Å². The minimum Gasteiger partial charge on any atom is -0.469 e. The molecule has 0 saturated carbocycles. The number of esters is 1. The molecule has 1 aromatic rings. The van der Waals surface area contributed by atoms with Gasteiger partial charge in [-0.2, -0.15) is 4.37 Å². The molecular weight excluding hydrogens is 208 g/mol. The van der Waals surface area contributed by atoms with Gasteiger partial charge in [-0.25, -0.2) is 4.98 Å². The summed E-state index contributed by atoms with van der Waals surface area (Å²) in [6.45, 7) is 1.90. The number of aromatic nitrogens is 2. The first-order valence-corrected chi connectivity index (χ1v) is 5.48. The minimum atomic E-state index is -0.195. The molecule has 1 heterocycles. The zero-order valence-corrected chi connectivity index (χ0v) is 9.07. The van der Waals surface area contributed by atoms with E-state index in [-0.39, 0.29) is 5.97 Å². The van der Waals surface area contributed by atoms with E-state index >= 15 is 0 Å². The fourth-order valence-corrected chi connectivity index (χ4v) is 2.08. The Kier molecular flexibility index (Phi) is 4.17. The van der Waals surface area contributed by atoms with Gasteiger partial charge in [0, 0.05) is 5.75 Å². The van der Waals surface area contributed by atoms with Gasteiger partial charge in [0.2, 0.25) is 0 Å². The summed E-state index contributed by atoms with van der Waals surface area (Å²) in [5.41, 5.74) is 0. The van der Waals surface area contributed by atoms with Crippen molar-refractivity contribution < 1.29 is 9.53 Å². The Bertz CT molecular complexity index is 288. The van der Waals surface area contributed by atoms with Crippen molar-refractivity contribution >= 4 is 29.3 Å². The molecule has 0 aliphatic rings. The molecule has 0 radical (unpaired) electrons. The molecule has 0 aromatic carbocycles. The van der Waals surface area contributed by atoms with Crippen LogP contribution in [0.5, 0.6) is 0 Å². The molecule has 13 heavy (non-hydrogen) atoms. The number of aryl methyl sites for hydroxylation is 1. The summed E-state index contributed by atoms with van der Waals surface area (Å²) in [7, 11) is 1.39. The second-order valence-electron chi connectivity index (χ2n) is 2.27. The number of thioether (sulfide) groups is 1. The van der Waals surface area contributed by atoms with Crippen molar-refractivity contribution in [2.45, 2.75) is 18.5 Å². The predicted octanol–water partition coefficient (Wildman–Crippen LogP) is 1.50. The van der Waals surface area contributed by atoms with Crippen LogP contribution in [0.3, 0.4) is 0 Å². The van der Waals surface area contributed by atoms with E-state index < -0.39 is 0 Å². The zero-order chi connectivity index (χ0) is 9.68. The number of hydrogen-bond acceptors (Lipinski definition) is 6. The smallest absolute Gasteiger partial charge is 0.306 e. The van der Waals surface area contributed by atoms with Crippen molar-refractivity contribution in [3.63, 3.8) is 0 Å². The largest absolute Gasteiger partial charge is 0.469 e. The third kappa shape index (κ3) is 3.73. The number of carbonyl (C=O) groups is 1. The van der Waals surface area contributed by atoms with Gasteiger partial charge in [-0.05, 0) is 18.5 Å². The molecule has 0 aliphatic heterocycles. The quantitative estimate of drug-likeness (QED) is 0.566. The molecule has 0 atom stereocenters. The molecule has 0 saturated heterocycles. The molecule has 0 N–H and O–H groups in total. The van der Waals surface area contributed by atoms with E-state index in [0.717, 1.165) is 10.2 Å². The normalized spacial score (nSPS) is 10.0. The number of nitrogens with zero attached hydrogens (tertiary/aromatic N) is 2. The molecule has 0 amide bonds. The van der Waals surface area contributed by atoms with Gasteiger partial charge in [0.15, 0.2) is 5.16 Å². The van der Waals surface area contributed by atoms with Crippen LogP contribution in [-0.2, 0) is 9.53 Å². The van der Waals surface area contributed by atoms with Crippen molar-refractivity contribution in [2.75, 3.05) is 12.9 Å². The van der Waals surface area contributed by atoms with Crippen LogP contribution in [0.25, 0.3) is 0 Å². The molecule has 0 aliphatic carbocycles. The molecule has 1 aromatic heterocycles. The number of hydrogen-bond donors (Lipinski definition) is 0. The number of ether oxygens (including phenoxy) is 1. The monoisotopic (exact) mass is 218 g/mol. The SMILES string of the molecule is COC(=O)CCSc1nsc(C)n1. The fraction of sp³-hybridized carbons (Fsp3) is 0.571. The lowest BCUT2D eigenvalue weighted by molar-refractivity contribution is -0.140. The summed E-state index contributed by atoms with van der Waals surface area (Å²) in [4.78, 5) is 14.9. The van der Waals surface area contributed by atoms with Crippen molar-refractivity contribution in [3.8, 4) is 0 Å². The van der Waals surface area contributed by atoms with Crippen molar-refractivity contribution in [3.05, 3.63) is 5.01 Å². The van der Waals surface area contributed by atoms with Crippen LogP contribution < -0.4 is 0 Å². The Hall–Kier alpha value is -0.620. The molecule has 6 heteroatoms. The molecule has 0 bridgehead atoms.